The van der Waals surface area contributed by atoms with Crippen LogP contribution in [-0.4, -0.2) is 77.1 Å². The van der Waals surface area contributed by atoms with Crippen molar-refractivity contribution in [3.05, 3.63) is 23.8 Å². The van der Waals surface area contributed by atoms with Crippen LogP contribution in [0.2, 0.25) is 0 Å². The van der Waals surface area contributed by atoms with Gasteiger partial charge < -0.3 is 19.3 Å². The Labute approximate surface area is 139 Å². The first-order chi connectivity index (χ1) is 11.5. The van der Waals surface area contributed by atoms with Gasteiger partial charge in [-0.1, -0.05) is 0 Å². The van der Waals surface area contributed by atoms with Crippen LogP contribution in [0.4, 0.5) is 4.79 Å². The lowest BCUT2D eigenvalue weighted by Gasteiger charge is -2.33. The molecule has 1 fully saturated rings. The van der Waals surface area contributed by atoms with Gasteiger partial charge in [0, 0.05) is 32.4 Å². The molecule has 1 aromatic rings. The van der Waals surface area contributed by atoms with Gasteiger partial charge in [0.15, 0.2) is 12.3 Å². The number of hydrogen-bond acceptors (Lipinski definition) is 7. The minimum Gasteiger partial charge on any atom is -0.451 e. The number of esters is 1. The Morgan fingerprint density at radius 2 is 1.71 bits per heavy atom. The highest BCUT2D eigenvalue weighted by Crippen LogP contribution is 2.05. The van der Waals surface area contributed by atoms with Crippen molar-refractivity contribution in [2.45, 2.75) is 13.8 Å². The number of nitrogens with zero attached hydrogens (tertiary/aromatic N) is 4. The lowest BCUT2D eigenvalue weighted by atomic mass is 10.3. The van der Waals surface area contributed by atoms with Crippen LogP contribution in [0.5, 0.6) is 0 Å². The molecule has 0 radical (unpaired) electrons. The fourth-order valence-corrected chi connectivity index (χ4v) is 2.14. The third-order valence-electron chi connectivity index (χ3n) is 3.48. The Balaban J connectivity index is 1.76. The molecule has 0 unspecified atom stereocenters. The molecule has 130 valence electrons. The van der Waals surface area contributed by atoms with Crippen molar-refractivity contribution in [2.24, 2.45) is 0 Å². The third-order valence-corrected chi connectivity index (χ3v) is 3.48. The number of carbonyl (C=O) groups is 3. The van der Waals surface area contributed by atoms with Crippen molar-refractivity contribution in [1.29, 1.82) is 0 Å². The van der Waals surface area contributed by atoms with Crippen LogP contribution in [0.3, 0.4) is 0 Å². The van der Waals surface area contributed by atoms with Gasteiger partial charge in [-0.05, 0) is 13.8 Å². The first kappa shape index (κ1) is 17.6. The quantitative estimate of drug-likeness (QED) is 0.726. The molecular formula is C15H20N4O5. The number of amides is 2. The lowest BCUT2D eigenvalue weighted by Crippen LogP contribution is -2.51. The Morgan fingerprint density at radius 1 is 1.04 bits per heavy atom. The number of aryl methyl sites for hydroxylation is 1. The molecular weight excluding hydrogens is 316 g/mol. The normalized spacial score (nSPS) is 14.2. The maximum Gasteiger partial charge on any atom is 0.409 e. The molecule has 2 amide bonds. The largest absolute Gasteiger partial charge is 0.451 e. The fraction of sp³-hybridized carbons (Fsp3) is 0.533. The molecule has 1 aliphatic heterocycles. The molecule has 1 aliphatic rings. The van der Waals surface area contributed by atoms with Crippen LogP contribution in [0, 0.1) is 6.92 Å². The van der Waals surface area contributed by atoms with E-state index in [0.717, 1.165) is 0 Å². The van der Waals surface area contributed by atoms with Crippen LogP contribution in [-0.2, 0) is 14.3 Å². The molecule has 0 aliphatic carbocycles. The average molecular weight is 336 g/mol. The van der Waals surface area contributed by atoms with E-state index in [0.29, 0.717) is 38.5 Å². The van der Waals surface area contributed by atoms with E-state index in [1.807, 2.05) is 0 Å². The molecule has 1 aromatic heterocycles. The van der Waals surface area contributed by atoms with E-state index < -0.39 is 5.97 Å². The molecule has 0 bridgehead atoms. The zero-order valence-corrected chi connectivity index (χ0v) is 13.7. The summed E-state index contributed by atoms with van der Waals surface area (Å²) in [5, 5.41) is 0. The predicted octanol–water partition coefficient (Wildman–Crippen LogP) is 0.243. The third kappa shape index (κ3) is 4.64. The van der Waals surface area contributed by atoms with Gasteiger partial charge in [-0.25, -0.2) is 14.6 Å². The van der Waals surface area contributed by atoms with Gasteiger partial charge in [-0.3, -0.25) is 9.78 Å². The Hall–Kier alpha value is -2.71. The van der Waals surface area contributed by atoms with Crippen molar-refractivity contribution >= 4 is 18.0 Å². The summed E-state index contributed by atoms with van der Waals surface area (Å²) >= 11 is 0. The summed E-state index contributed by atoms with van der Waals surface area (Å²) in [6.07, 6.45) is 2.38. The number of aromatic nitrogens is 2. The van der Waals surface area contributed by atoms with E-state index >= 15 is 0 Å². The van der Waals surface area contributed by atoms with E-state index in [2.05, 4.69) is 9.97 Å². The van der Waals surface area contributed by atoms with E-state index in [1.165, 1.54) is 12.4 Å². The molecule has 1 saturated heterocycles. The van der Waals surface area contributed by atoms with Gasteiger partial charge in [-0.15, -0.1) is 0 Å². The van der Waals surface area contributed by atoms with Crippen molar-refractivity contribution in [3.63, 3.8) is 0 Å². The monoisotopic (exact) mass is 336 g/mol. The predicted molar refractivity (Wildman–Crippen MR) is 82.2 cm³/mol. The second kappa shape index (κ2) is 8.23. The van der Waals surface area contributed by atoms with E-state index in [1.54, 1.807) is 23.6 Å². The number of piperazine rings is 1. The van der Waals surface area contributed by atoms with Gasteiger partial charge in [0.05, 0.1) is 18.5 Å². The zero-order chi connectivity index (χ0) is 17.5. The maximum atomic E-state index is 12.1. The van der Waals surface area contributed by atoms with Crippen LogP contribution >= 0.6 is 0 Å². The van der Waals surface area contributed by atoms with Gasteiger partial charge in [-0.2, -0.15) is 0 Å². The Kier molecular flexibility index (Phi) is 6.05. The number of carbonyl (C=O) groups excluding carboxylic acids is 3. The van der Waals surface area contributed by atoms with Gasteiger partial charge >= 0.3 is 12.1 Å². The second-order valence-electron chi connectivity index (χ2n) is 5.19. The van der Waals surface area contributed by atoms with Crippen molar-refractivity contribution in [2.75, 3.05) is 39.4 Å². The minimum atomic E-state index is -0.694. The first-order valence-corrected chi connectivity index (χ1v) is 7.66. The van der Waals surface area contributed by atoms with Crippen LogP contribution in [0.25, 0.3) is 0 Å². The topological polar surface area (TPSA) is 102 Å². The van der Waals surface area contributed by atoms with Crippen LogP contribution < -0.4 is 0 Å². The number of hydrogen-bond donors (Lipinski definition) is 0. The summed E-state index contributed by atoms with van der Waals surface area (Å²) in [5.74, 6) is -1.01. The molecule has 0 saturated carbocycles. The van der Waals surface area contributed by atoms with Gasteiger partial charge in [0.1, 0.15) is 0 Å². The molecule has 2 heterocycles. The summed E-state index contributed by atoms with van der Waals surface area (Å²) in [6, 6.07) is 0. The summed E-state index contributed by atoms with van der Waals surface area (Å²) in [5.41, 5.74) is 0.739. The molecule has 2 rings (SSSR count). The van der Waals surface area contributed by atoms with Crippen molar-refractivity contribution in [1.82, 2.24) is 19.8 Å². The summed E-state index contributed by atoms with van der Waals surface area (Å²) in [4.78, 5) is 46.4. The molecule has 0 aromatic carbocycles. The lowest BCUT2D eigenvalue weighted by molar-refractivity contribution is -0.136. The second-order valence-corrected chi connectivity index (χ2v) is 5.19. The molecule has 9 nitrogen and oxygen atoms in total. The minimum absolute atomic E-state index is 0.0560. The number of ether oxygens (including phenoxy) is 2. The van der Waals surface area contributed by atoms with E-state index in [9.17, 15) is 14.4 Å². The Morgan fingerprint density at radius 3 is 2.29 bits per heavy atom. The van der Waals surface area contributed by atoms with Gasteiger partial charge in [0.25, 0.3) is 5.91 Å². The smallest absolute Gasteiger partial charge is 0.409 e. The Bertz CT molecular complexity index is 596. The van der Waals surface area contributed by atoms with Crippen LogP contribution in [0.15, 0.2) is 12.4 Å². The zero-order valence-electron chi connectivity index (χ0n) is 13.7. The highest BCUT2D eigenvalue weighted by Gasteiger charge is 2.25. The SMILES string of the molecule is CCOC(=O)N1CCN(C(=O)COC(=O)c2cnc(C)cn2)CC1. The molecule has 0 atom stereocenters. The molecule has 9 heteroatoms. The first-order valence-electron chi connectivity index (χ1n) is 7.66. The summed E-state index contributed by atoms with van der Waals surface area (Å²) in [6.45, 7) is 4.97. The van der Waals surface area contributed by atoms with E-state index in [-0.39, 0.29) is 24.3 Å². The average Bonchev–Trinajstić information content (AvgIpc) is 2.60. The van der Waals surface area contributed by atoms with Crippen molar-refractivity contribution in [3.8, 4) is 0 Å². The standard InChI is InChI=1S/C15H20N4O5/c1-3-23-15(22)19-6-4-18(5-7-19)13(20)10-24-14(21)12-9-16-11(2)8-17-12/h8-9H,3-7,10H2,1-2H3. The van der Waals surface area contributed by atoms with Crippen LogP contribution in [0.1, 0.15) is 23.1 Å². The van der Waals surface area contributed by atoms with Crippen molar-refractivity contribution < 1.29 is 23.9 Å². The number of rotatable bonds is 4. The maximum absolute atomic E-state index is 12.1. The highest BCUT2D eigenvalue weighted by atomic mass is 16.6. The fourth-order valence-electron chi connectivity index (χ4n) is 2.14. The van der Waals surface area contributed by atoms with E-state index in [4.69, 9.17) is 9.47 Å². The molecule has 0 spiro atoms. The summed E-state index contributed by atoms with van der Waals surface area (Å²) < 4.78 is 9.87. The summed E-state index contributed by atoms with van der Waals surface area (Å²) in [7, 11) is 0. The van der Waals surface area contributed by atoms with Gasteiger partial charge in [0.2, 0.25) is 0 Å². The molecule has 24 heavy (non-hydrogen) atoms. The highest BCUT2D eigenvalue weighted by molar-refractivity contribution is 5.89. The molecule has 0 N–H and O–H groups in total.